The van der Waals surface area contributed by atoms with E-state index in [9.17, 15) is 4.79 Å². The minimum atomic E-state index is -0.191. The normalized spacial score (nSPS) is 16.1. The summed E-state index contributed by atoms with van der Waals surface area (Å²) in [5, 5.41) is 8.89. The molecule has 24 heavy (non-hydrogen) atoms. The van der Waals surface area contributed by atoms with Gasteiger partial charge in [-0.15, -0.1) is 0 Å². The number of amides is 1. The number of halogens is 1. The molecule has 4 nitrogen and oxygen atoms in total. The van der Waals surface area contributed by atoms with Crippen molar-refractivity contribution < 1.29 is 4.79 Å². The van der Waals surface area contributed by atoms with Crippen LogP contribution in [0.5, 0.6) is 0 Å². The first-order chi connectivity index (χ1) is 11.5. The van der Waals surface area contributed by atoms with Crippen molar-refractivity contribution in [3.05, 3.63) is 64.0 Å². The maximum absolute atomic E-state index is 12.6. The Balaban J connectivity index is 1.86. The lowest BCUT2D eigenvalue weighted by molar-refractivity contribution is -0.113. The molecule has 0 atom stereocenters. The van der Waals surface area contributed by atoms with E-state index < -0.39 is 0 Å². The van der Waals surface area contributed by atoms with Gasteiger partial charge in [-0.25, -0.2) is 0 Å². The lowest BCUT2D eigenvalue weighted by Gasteiger charge is -2.14. The Hall–Kier alpha value is -2.24. The van der Waals surface area contributed by atoms with Gasteiger partial charge in [0.05, 0.1) is 10.6 Å². The van der Waals surface area contributed by atoms with Gasteiger partial charge in [-0.2, -0.15) is 0 Å². The monoisotopic (exact) mass is 357 g/mol. The van der Waals surface area contributed by atoms with Crippen LogP contribution in [0.15, 0.2) is 53.4 Å². The fourth-order valence-electron chi connectivity index (χ4n) is 2.33. The van der Waals surface area contributed by atoms with Gasteiger partial charge >= 0.3 is 0 Å². The molecular weight excluding hydrogens is 342 g/mol. The molecule has 0 unspecified atom stereocenters. The molecule has 0 radical (unpaired) electrons. The van der Waals surface area contributed by atoms with Gasteiger partial charge in [0, 0.05) is 24.8 Å². The number of hydrogen-bond acceptors (Lipinski definition) is 4. The van der Waals surface area contributed by atoms with Crippen LogP contribution in [0.4, 0.5) is 11.4 Å². The Morgan fingerprint density at radius 3 is 2.29 bits per heavy atom. The van der Waals surface area contributed by atoms with E-state index in [0.29, 0.717) is 15.6 Å². The molecule has 1 heterocycles. The number of carbonyl (C=O) groups excluding carboxylic acids is 1. The topological polar surface area (TPSA) is 47.4 Å². The SMILES string of the molecule is CN(C)c1ccc(/C=C2\SC(=N)N(c3ccc(Cl)cc3)C2=O)cc1. The first-order valence-electron chi connectivity index (χ1n) is 7.31. The number of rotatable bonds is 3. The predicted molar refractivity (Wildman–Crippen MR) is 103 cm³/mol. The van der Waals surface area contributed by atoms with Crippen LogP contribution in [-0.2, 0) is 4.79 Å². The highest BCUT2D eigenvalue weighted by molar-refractivity contribution is 8.19. The summed E-state index contributed by atoms with van der Waals surface area (Å²) >= 11 is 7.05. The summed E-state index contributed by atoms with van der Waals surface area (Å²) in [5.41, 5.74) is 2.67. The van der Waals surface area contributed by atoms with Crippen LogP contribution in [0, 0.1) is 5.41 Å². The fraction of sp³-hybridized carbons (Fsp3) is 0.111. The largest absolute Gasteiger partial charge is 0.378 e. The molecule has 1 aliphatic heterocycles. The zero-order valence-electron chi connectivity index (χ0n) is 13.3. The van der Waals surface area contributed by atoms with E-state index in [1.165, 1.54) is 4.90 Å². The molecule has 0 aliphatic carbocycles. The number of amidine groups is 1. The quantitative estimate of drug-likeness (QED) is 0.825. The van der Waals surface area contributed by atoms with Crippen molar-refractivity contribution in [2.24, 2.45) is 0 Å². The summed E-state index contributed by atoms with van der Waals surface area (Å²) in [5.74, 6) is -0.191. The standard InChI is InChI=1S/C18H16ClN3OS/c1-21(2)14-7-3-12(4-8-14)11-16-17(23)22(18(20)24-16)15-9-5-13(19)6-10-15/h3-11,20H,1-2H3/b16-11-,20-18?. The van der Waals surface area contributed by atoms with Gasteiger partial charge in [-0.3, -0.25) is 15.1 Å². The molecule has 0 spiro atoms. The van der Waals surface area contributed by atoms with Gasteiger partial charge in [-0.05, 0) is 59.8 Å². The maximum Gasteiger partial charge on any atom is 0.271 e. The molecule has 1 amide bonds. The lowest BCUT2D eigenvalue weighted by atomic mass is 10.2. The van der Waals surface area contributed by atoms with E-state index >= 15 is 0 Å². The van der Waals surface area contributed by atoms with Crippen molar-refractivity contribution in [3.8, 4) is 0 Å². The van der Waals surface area contributed by atoms with Crippen LogP contribution in [0.25, 0.3) is 6.08 Å². The Morgan fingerprint density at radius 2 is 1.71 bits per heavy atom. The Labute approximate surface area is 150 Å². The van der Waals surface area contributed by atoms with Gasteiger partial charge < -0.3 is 4.90 Å². The van der Waals surface area contributed by atoms with Crippen molar-refractivity contribution in [3.63, 3.8) is 0 Å². The molecule has 1 aliphatic rings. The molecule has 2 aromatic carbocycles. The number of nitrogens with zero attached hydrogens (tertiary/aromatic N) is 2. The average molecular weight is 358 g/mol. The summed E-state index contributed by atoms with van der Waals surface area (Å²) in [6.45, 7) is 0. The molecule has 2 aromatic rings. The van der Waals surface area contributed by atoms with Crippen LogP contribution < -0.4 is 9.80 Å². The van der Waals surface area contributed by atoms with E-state index in [1.807, 2.05) is 49.3 Å². The Morgan fingerprint density at radius 1 is 1.08 bits per heavy atom. The predicted octanol–water partition coefficient (Wildman–Crippen LogP) is 4.46. The summed E-state index contributed by atoms with van der Waals surface area (Å²) < 4.78 is 0. The number of nitrogens with one attached hydrogen (secondary N) is 1. The van der Waals surface area contributed by atoms with Crippen LogP contribution in [0.1, 0.15) is 5.56 Å². The third-order valence-electron chi connectivity index (χ3n) is 3.62. The fourth-order valence-corrected chi connectivity index (χ4v) is 3.32. The van der Waals surface area contributed by atoms with E-state index in [4.69, 9.17) is 17.0 Å². The molecule has 122 valence electrons. The van der Waals surface area contributed by atoms with Crippen LogP contribution in [0.3, 0.4) is 0 Å². The minimum Gasteiger partial charge on any atom is -0.378 e. The Kier molecular flexibility index (Phi) is 4.64. The molecule has 0 bridgehead atoms. The number of anilines is 2. The van der Waals surface area contributed by atoms with Crippen molar-refractivity contribution in [1.82, 2.24) is 0 Å². The molecule has 0 saturated carbocycles. The molecule has 1 fully saturated rings. The number of hydrogen-bond donors (Lipinski definition) is 1. The Bertz CT molecular complexity index is 813. The second-order valence-corrected chi connectivity index (χ2v) is 6.99. The third kappa shape index (κ3) is 3.32. The first kappa shape index (κ1) is 16.6. The van der Waals surface area contributed by atoms with Gasteiger partial charge in [0.2, 0.25) is 0 Å². The highest BCUT2D eigenvalue weighted by Crippen LogP contribution is 2.35. The van der Waals surface area contributed by atoms with Crippen molar-refractivity contribution in [2.45, 2.75) is 0 Å². The first-order valence-corrected chi connectivity index (χ1v) is 8.50. The highest BCUT2D eigenvalue weighted by atomic mass is 35.5. The summed E-state index contributed by atoms with van der Waals surface area (Å²) in [6.07, 6.45) is 1.82. The van der Waals surface area contributed by atoms with Crippen LogP contribution in [0.2, 0.25) is 5.02 Å². The number of thioether (sulfide) groups is 1. The molecular formula is C18H16ClN3OS. The van der Waals surface area contributed by atoms with E-state index in [1.54, 1.807) is 24.3 Å². The molecule has 3 rings (SSSR count). The zero-order valence-corrected chi connectivity index (χ0v) is 14.9. The number of benzene rings is 2. The molecule has 1 N–H and O–H groups in total. The van der Waals surface area contributed by atoms with Crippen molar-refractivity contribution in [1.29, 1.82) is 5.41 Å². The number of carbonyl (C=O) groups is 1. The summed E-state index contributed by atoms with van der Waals surface area (Å²) in [4.78, 5) is 16.6. The zero-order chi connectivity index (χ0) is 17.3. The van der Waals surface area contributed by atoms with Gasteiger partial charge in [-0.1, -0.05) is 23.7 Å². The van der Waals surface area contributed by atoms with Gasteiger partial charge in [0.25, 0.3) is 5.91 Å². The average Bonchev–Trinajstić information content (AvgIpc) is 2.83. The lowest BCUT2D eigenvalue weighted by Crippen LogP contribution is -2.27. The van der Waals surface area contributed by atoms with Crippen LogP contribution >= 0.6 is 23.4 Å². The van der Waals surface area contributed by atoms with Gasteiger partial charge in [0.1, 0.15) is 0 Å². The van der Waals surface area contributed by atoms with Crippen molar-refractivity contribution in [2.75, 3.05) is 23.9 Å². The summed E-state index contributed by atoms with van der Waals surface area (Å²) in [7, 11) is 3.96. The summed E-state index contributed by atoms with van der Waals surface area (Å²) in [6, 6.07) is 14.8. The van der Waals surface area contributed by atoms with E-state index in [-0.39, 0.29) is 11.1 Å². The second-order valence-electron chi connectivity index (χ2n) is 5.52. The maximum atomic E-state index is 12.6. The van der Waals surface area contributed by atoms with E-state index in [2.05, 4.69) is 0 Å². The van der Waals surface area contributed by atoms with E-state index in [0.717, 1.165) is 23.0 Å². The van der Waals surface area contributed by atoms with Crippen molar-refractivity contribution >= 4 is 51.9 Å². The second kappa shape index (κ2) is 6.71. The van der Waals surface area contributed by atoms with Crippen LogP contribution in [-0.4, -0.2) is 25.2 Å². The van der Waals surface area contributed by atoms with Gasteiger partial charge in [0.15, 0.2) is 5.17 Å². The molecule has 0 aromatic heterocycles. The smallest absolute Gasteiger partial charge is 0.271 e. The molecule has 1 saturated heterocycles. The minimum absolute atomic E-state index is 0.191. The highest BCUT2D eigenvalue weighted by Gasteiger charge is 2.33. The third-order valence-corrected chi connectivity index (χ3v) is 4.76. The molecule has 6 heteroatoms.